The summed E-state index contributed by atoms with van der Waals surface area (Å²) in [7, 11) is 0. The van der Waals surface area contributed by atoms with Crippen molar-refractivity contribution in [1.82, 2.24) is 19.9 Å². The van der Waals surface area contributed by atoms with E-state index in [4.69, 9.17) is 16.3 Å². The van der Waals surface area contributed by atoms with Crippen LogP contribution in [0.2, 0.25) is 5.28 Å². The lowest BCUT2D eigenvalue weighted by molar-refractivity contribution is 0.0526. The number of ether oxygens (including phenoxy) is 1. The van der Waals surface area contributed by atoms with Crippen LogP contribution in [0.1, 0.15) is 31.3 Å². The van der Waals surface area contributed by atoms with E-state index in [1.54, 1.807) is 37.6 Å². The molecule has 1 N–H and O–H groups in total. The number of halogens is 1. The molecule has 0 fully saturated rings. The minimum Gasteiger partial charge on any atom is -0.444 e. The van der Waals surface area contributed by atoms with Gasteiger partial charge in [0.2, 0.25) is 5.28 Å². The van der Waals surface area contributed by atoms with Gasteiger partial charge in [0.25, 0.3) is 0 Å². The zero-order chi connectivity index (χ0) is 16.3. The summed E-state index contributed by atoms with van der Waals surface area (Å²) in [5, 5.41) is 3.45. The molecule has 0 aliphatic rings. The topological polar surface area (TPSA) is 86.1 Å². The third-order valence-corrected chi connectivity index (χ3v) is 2.94. The molecule has 0 radical (unpaired) electrons. The number of hydrogen-bond donors (Lipinski definition) is 1. The van der Waals surface area contributed by atoms with Crippen molar-refractivity contribution in [1.29, 1.82) is 0 Å². The van der Waals surface area contributed by atoms with Crippen LogP contribution in [0.4, 0.5) is 4.79 Å². The maximum atomic E-state index is 11.6. The Labute approximate surface area is 132 Å². The quantitative estimate of drug-likeness (QED) is 0.689. The molecule has 0 atom stereocenters. The van der Waals surface area contributed by atoms with Gasteiger partial charge in [-0.05, 0) is 38.4 Å². The zero-order valence-corrected chi connectivity index (χ0v) is 13.3. The predicted octanol–water partition coefficient (Wildman–Crippen LogP) is 2.42. The van der Waals surface area contributed by atoms with E-state index >= 15 is 0 Å². The maximum absolute atomic E-state index is 11.6. The molecule has 0 bridgehead atoms. The van der Waals surface area contributed by atoms with Crippen molar-refractivity contribution in [3.8, 4) is 0 Å². The average molecular weight is 325 g/mol. The lowest BCUT2D eigenvalue weighted by Crippen LogP contribution is -2.34. The second-order valence-corrected chi connectivity index (χ2v) is 6.02. The van der Waals surface area contributed by atoms with Gasteiger partial charge in [0, 0.05) is 24.7 Å². The number of rotatable bonds is 4. The van der Waals surface area contributed by atoms with Crippen molar-refractivity contribution in [3.05, 3.63) is 23.2 Å². The Kier molecular flexibility index (Phi) is 4.65. The number of nitrogens with zero attached hydrogens (tertiary/aromatic N) is 3. The van der Waals surface area contributed by atoms with Gasteiger partial charge in [-0.15, -0.1) is 0 Å². The Balaban J connectivity index is 2.09. The molecular weight excluding hydrogens is 308 g/mol. The number of aromatic nitrogens is 3. The normalized spacial score (nSPS) is 11.5. The Bertz CT molecular complexity index is 706. The van der Waals surface area contributed by atoms with E-state index < -0.39 is 11.7 Å². The van der Waals surface area contributed by atoms with Crippen LogP contribution in [0.3, 0.4) is 0 Å². The van der Waals surface area contributed by atoms with E-state index in [1.807, 2.05) is 0 Å². The van der Waals surface area contributed by atoms with Gasteiger partial charge < -0.3 is 14.6 Å². The highest BCUT2D eigenvalue weighted by molar-refractivity contribution is 6.28. The van der Waals surface area contributed by atoms with Gasteiger partial charge in [-0.1, -0.05) is 0 Å². The Morgan fingerprint density at radius 2 is 2.23 bits per heavy atom. The van der Waals surface area contributed by atoms with E-state index in [9.17, 15) is 9.59 Å². The lowest BCUT2D eigenvalue weighted by atomic mass is 10.2. The fourth-order valence-corrected chi connectivity index (χ4v) is 2.08. The molecule has 118 valence electrons. The molecule has 8 heteroatoms. The monoisotopic (exact) mass is 324 g/mol. The van der Waals surface area contributed by atoms with E-state index in [2.05, 4.69) is 15.3 Å². The molecular formula is C14H17ClN4O3. The molecule has 7 nitrogen and oxygen atoms in total. The van der Waals surface area contributed by atoms with Crippen LogP contribution < -0.4 is 5.32 Å². The second-order valence-electron chi connectivity index (χ2n) is 5.69. The van der Waals surface area contributed by atoms with Crippen LogP contribution >= 0.6 is 11.6 Å². The first-order valence-electron chi connectivity index (χ1n) is 6.74. The fraction of sp³-hybridized carbons (Fsp3) is 0.429. The molecule has 0 aliphatic carbocycles. The van der Waals surface area contributed by atoms with E-state index in [1.165, 1.54) is 0 Å². The standard InChI is InChI=1S/C14H17ClN4O3/c1-14(2,3)22-13(21)16-4-5-19-10(8-20)6-9-7-17-12(15)18-11(9)19/h6-8H,4-5H2,1-3H3,(H,16,21). The molecule has 2 rings (SSSR count). The number of amides is 1. The molecule has 2 aromatic heterocycles. The van der Waals surface area contributed by atoms with E-state index in [0.717, 1.165) is 6.29 Å². The second kappa shape index (κ2) is 6.31. The highest BCUT2D eigenvalue weighted by Crippen LogP contribution is 2.17. The zero-order valence-electron chi connectivity index (χ0n) is 12.6. The van der Waals surface area contributed by atoms with Crippen LogP contribution in [0, 0.1) is 0 Å². The van der Waals surface area contributed by atoms with Gasteiger partial charge in [0.15, 0.2) is 6.29 Å². The highest BCUT2D eigenvalue weighted by atomic mass is 35.5. The van der Waals surface area contributed by atoms with E-state index in [0.29, 0.717) is 29.8 Å². The first-order valence-corrected chi connectivity index (χ1v) is 7.12. The van der Waals surface area contributed by atoms with Gasteiger partial charge in [-0.25, -0.2) is 9.78 Å². The summed E-state index contributed by atoms with van der Waals surface area (Å²) in [4.78, 5) is 30.7. The molecule has 0 spiro atoms. The molecule has 1 amide bonds. The number of alkyl carbamates (subject to hydrolysis) is 1. The number of aldehydes is 1. The third kappa shape index (κ3) is 3.94. The molecule has 0 aliphatic heterocycles. The van der Waals surface area contributed by atoms with Gasteiger partial charge in [0.1, 0.15) is 11.2 Å². The molecule has 2 heterocycles. The van der Waals surface area contributed by atoms with Crippen LogP contribution in [-0.2, 0) is 11.3 Å². The van der Waals surface area contributed by atoms with Gasteiger partial charge >= 0.3 is 6.09 Å². The smallest absolute Gasteiger partial charge is 0.407 e. The van der Waals surface area contributed by atoms with Crippen LogP contribution in [0.5, 0.6) is 0 Å². The van der Waals surface area contributed by atoms with Crippen molar-refractivity contribution in [2.75, 3.05) is 6.54 Å². The number of nitrogens with one attached hydrogen (secondary N) is 1. The number of carbonyl (C=O) groups is 2. The molecule has 0 aromatic carbocycles. The van der Waals surface area contributed by atoms with Gasteiger partial charge in [-0.2, -0.15) is 4.98 Å². The average Bonchev–Trinajstić information content (AvgIpc) is 2.74. The number of fused-ring (bicyclic) bond motifs is 1. The van der Waals surface area contributed by atoms with Gasteiger partial charge in [0.05, 0.1) is 5.69 Å². The summed E-state index contributed by atoms with van der Waals surface area (Å²) < 4.78 is 6.82. The maximum Gasteiger partial charge on any atom is 0.407 e. The van der Waals surface area contributed by atoms with Crippen molar-refractivity contribution in [3.63, 3.8) is 0 Å². The molecule has 0 saturated heterocycles. The summed E-state index contributed by atoms with van der Waals surface area (Å²) in [6, 6.07) is 1.67. The summed E-state index contributed by atoms with van der Waals surface area (Å²) in [5.41, 5.74) is 0.435. The van der Waals surface area contributed by atoms with Crippen molar-refractivity contribution in [2.24, 2.45) is 0 Å². The SMILES string of the molecule is CC(C)(C)OC(=O)NCCn1c(C=O)cc2cnc(Cl)nc21. The third-order valence-electron chi connectivity index (χ3n) is 2.76. The number of carbonyl (C=O) groups excluding carboxylic acids is 2. The van der Waals surface area contributed by atoms with Crippen LogP contribution in [0.25, 0.3) is 11.0 Å². The summed E-state index contributed by atoms with van der Waals surface area (Å²) >= 11 is 5.79. The molecule has 22 heavy (non-hydrogen) atoms. The summed E-state index contributed by atoms with van der Waals surface area (Å²) in [5.74, 6) is 0. The molecule has 2 aromatic rings. The fourth-order valence-electron chi connectivity index (χ4n) is 1.96. The first-order chi connectivity index (χ1) is 10.3. The van der Waals surface area contributed by atoms with Crippen molar-refractivity contribution < 1.29 is 14.3 Å². The molecule has 0 saturated carbocycles. The number of hydrogen-bond acceptors (Lipinski definition) is 5. The largest absolute Gasteiger partial charge is 0.444 e. The Morgan fingerprint density at radius 3 is 2.86 bits per heavy atom. The lowest BCUT2D eigenvalue weighted by Gasteiger charge is -2.19. The summed E-state index contributed by atoms with van der Waals surface area (Å²) in [6.45, 7) is 6.02. The van der Waals surface area contributed by atoms with Gasteiger partial charge in [-0.3, -0.25) is 4.79 Å². The van der Waals surface area contributed by atoms with Crippen molar-refractivity contribution in [2.45, 2.75) is 32.9 Å². The molecule has 0 unspecified atom stereocenters. The Morgan fingerprint density at radius 1 is 1.50 bits per heavy atom. The first kappa shape index (κ1) is 16.2. The Hall–Kier alpha value is -2.15. The van der Waals surface area contributed by atoms with Crippen molar-refractivity contribution >= 4 is 35.0 Å². The minimum absolute atomic E-state index is 0.101. The van der Waals surface area contributed by atoms with Crippen LogP contribution in [-0.4, -0.2) is 39.1 Å². The van der Waals surface area contributed by atoms with E-state index in [-0.39, 0.29) is 5.28 Å². The predicted molar refractivity (Wildman–Crippen MR) is 82.2 cm³/mol. The minimum atomic E-state index is -0.557. The highest BCUT2D eigenvalue weighted by Gasteiger charge is 2.16. The van der Waals surface area contributed by atoms with Crippen LogP contribution in [0.15, 0.2) is 12.3 Å². The summed E-state index contributed by atoms with van der Waals surface area (Å²) in [6.07, 6.45) is 1.77.